The molecule has 0 unspecified atom stereocenters. The average Bonchev–Trinajstić information content (AvgIpc) is 2.00. The van der Waals surface area contributed by atoms with Crippen molar-refractivity contribution in [3.05, 3.63) is 35.4 Å². The van der Waals surface area contributed by atoms with Gasteiger partial charge in [-0.25, -0.2) is 0 Å². The second kappa shape index (κ2) is 4.29. The van der Waals surface area contributed by atoms with E-state index < -0.39 is 0 Å². The minimum Gasteiger partial charge on any atom is -0.0856 e. The summed E-state index contributed by atoms with van der Waals surface area (Å²) in [5, 5.41) is 0. The fourth-order valence-corrected chi connectivity index (χ4v) is 1.93. The summed E-state index contributed by atoms with van der Waals surface area (Å²) in [7, 11) is 0. The van der Waals surface area contributed by atoms with Gasteiger partial charge in [0.2, 0.25) is 0 Å². The third-order valence-electron chi connectivity index (χ3n) is 2.44. The van der Waals surface area contributed by atoms with Gasteiger partial charge in [-0.15, -0.1) is 0 Å². The molecule has 0 aliphatic heterocycles. The standard InChI is InChI=1S/C14H21Br/c1-13(2,3)12-8-6-11(7-9-12)10-14(4,5)15/h6-9H,10H2,1-5H3. The maximum absolute atomic E-state index is 3.67. The Morgan fingerprint density at radius 1 is 0.933 bits per heavy atom. The summed E-state index contributed by atoms with van der Waals surface area (Å²) in [4.78, 5) is 0. The maximum atomic E-state index is 3.67. The van der Waals surface area contributed by atoms with Crippen LogP contribution in [0.3, 0.4) is 0 Å². The first-order chi connectivity index (χ1) is 6.68. The molecule has 0 amide bonds. The minimum absolute atomic E-state index is 0.191. The number of benzene rings is 1. The van der Waals surface area contributed by atoms with Crippen LogP contribution in [0.5, 0.6) is 0 Å². The number of hydrogen-bond donors (Lipinski definition) is 0. The lowest BCUT2D eigenvalue weighted by molar-refractivity contribution is 0.589. The van der Waals surface area contributed by atoms with Gasteiger partial charge in [0.05, 0.1) is 0 Å². The van der Waals surface area contributed by atoms with Gasteiger partial charge in [0.25, 0.3) is 0 Å². The molecule has 1 heteroatoms. The van der Waals surface area contributed by atoms with Gasteiger partial charge in [-0.3, -0.25) is 0 Å². The molecule has 0 atom stereocenters. The van der Waals surface area contributed by atoms with E-state index in [-0.39, 0.29) is 9.74 Å². The summed E-state index contributed by atoms with van der Waals surface area (Å²) >= 11 is 3.67. The third-order valence-corrected chi connectivity index (χ3v) is 2.72. The van der Waals surface area contributed by atoms with Gasteiger partial charge in [-0.1, -0.05) is 61.0 Å². The molecule has 0 radical (unpaired) electrons. The number of halogens is 1. The van der Waals surface area contributed by atoms with Gasteiger partial charge >= 0.3 is 0 Å². The van der Waals surface area contributed by atoms with E-state index in [1.807, 2.05) is 0 Å². The van der Waals surface area contributed by atoms with Crippen LogP contribution >= 0.6 is 15.9 Å². The molecule has 0 saturated carbocycles. The van der Waals surface area contributed by atoms with E-state index in [0.29, 0.717) is 0 Å². The second-order valence-electron chi connectivity index (χ2n) is 5.84. The van der Waals surface area contributed by atoms with Crippen molar-refractivity contribution in [1.29, 1.82) is 0 Å². The molecule has 0 heterocycles. The third kappa shape index (κ3) is 4.38. The smallest absolute Gasteiger partial charge is 0.0242 e. The second-order valence-corrected chi connectivity index (χ2v) is 7.99. The van der Waals surface area contributed by atoms with Crippen molar-refractivity contribution >= 4 is 15.9 Å². The molecule has 0 spiro atoms. The quantitative estimate of drug-likeness (QED) is 0.683. The molecule has 0 N–H and O–H groups in total. The molecule has 0 saturated heterocycles. The van der Waals surface area contributed by atoms with Crippen LogP contribution in [0.15, 0.2) is 24.3 Å². The summed E-state index contributed by atoms with van der Waals surface area (Å²) in [6.07, 6.45) is 1.07. The lowest BCUT2D eigenvalue weighted by Gasteiger charge is -2.20. The largest absolute Gasteiger partial charge is 0.0856 e. The van der Waals surface area contributed by atoms with Crippen LogP contribution in [0.1, 0.15) is 45.7 Å². The van der Waals surface area contributed by atoms with E-state index in [2.05, 4.69) is 74.8 Å². The van der Waals surface area contributed by atoms with Crippen LogP contribution < -0.4 is 0 Å². The molecule has 0 aliphatic carbocycles. The van der Waals surface area contributed by atoms with E-state index in [0.717, 1.165) is 6.42 Å². The van der Waals surface area contributed by atoms with E-state index in [1.165, 1.54) is 11.1 Å². The van der Waals surface area contributed by atoms with Gasteiger partial charge in [0, 0.05) is 4.32 Å². The van der Waals surface area contributed by atoms with Crippen LogP contribution in [-0.4, -0.2) is 4.32 Å². The van der Waals surface area contributed by atoms with Crippen LogP contribution in [0.4, 0.5) is 0 Å². The van der Waals surface area contributed by atoms with Crippen LogP contribution in [0, 0.1) is 0 Å². The highest BCUT2D eigenvalue weighted by Crippen LogP contribution is 2.25. The van der Waals surface area contributed by atoms with Crippen molar-refractivity contribution in [2.24, 2.45) is 0 Å². The lowest BCUT2D eigenvalue weighted by Crippen LogP contribution is -2.14. The van der Waals surface area contributed by atoms with Gasteiger partial charge in [-0.05, 0) is 36.8 Å². The molecule has 0 bridgehead atoms. The molecule has 1 aromatic rings. The molecule has 15 heavy (non-hydrogen) atoms. The zero-order chi connectivity index (χ0) is 11.7. The van der Waals surface area contributed by atoms with Crippen molar-refractivity contribution in [1.82, 2.24) is 0 Å². The topological polar surface area (TPSA) is 0 Å². The molecule has 84 valence electrons. The zero-order valence-corrected chi connectivity index (χ0v) is 12.0. The van der Waals surface area contributed by atoms with Gasteiger partial charge in [0.1, 0.15) is 0 Å². The highest BCUT2D eigenvalue weighted by Gasteiger charge is 2.15. The fraction of sp³-hybridized carbons (Fsp3) is 0.571. The monoisotopic (exact) mass is 268 g/mol. The highest BCUT2D eigenvalue weighted by molar-refractivity contribution is 9.10. The molecule has 0 aliphatic rings. The molecule has 0 aromatic heterocycles. The van der Waals surface area contributed by atoms with Gasteiger partial charge < -0.3 is 0 Å². The van der Waals surface area contributed by atoms with Crippen LogP contribution in [0.2, 0.25) is 0 Å². The summed E-state index contributed by atoms with van der Waals surface area (Å²) in [6, 6.07) is 8.97. The Kier molecular flexibility index (Phi) is 3.65. The first-order valence-electron chi connectivity index (χ1n) is 5.47. The Labute approximate surface area is 102 Å². The first-order valence-corrected chi connectivity index (χ1v) is 6.26. The van der Waals surface area contributed by atoms with Crippen molar-refractivity contribution in [2.45, 2.75) is 50.8 Å². The van der Waals surface area contributed by atoms with Gasteiger partial charge in [0.15, 0.2) is 0 Å². The Morgan fingerprint density at radius 2 is 1.40 bits per heavy atom. The Morgan fingerprint density at radius 3 is 1.73 bits per heavy atom. The van der Waals surface area contributed by atoms with E-state index in [9.17, 15) is 0 Å². The minimum atomic E-state index is 0.191. The summed E-state index contributed by atoms with van der Waals surface area (Å²) in [5.41, 5.74) is 3.05. The van der Waals surface area contributed by atoms with E-state index >= 15 is 0 Å². The van der Waals surface area contributed by atoms with Gasteiger partial charge in [-0.2, -0.15) is 0 Å². The Bertz CT molecular complexity index is 309. The molecular weight excluding hydrogens is 248 g/mol. The Hall–Kier alpha value is -0.300. The zero-order valence-electron chi connectivity index (χ0n) is 10.4. The van der Waals surface area contributed by atoms with Crippen LogP contribution in [-0.2, 0) is 11.8 Å². The number of rotatable bonds is 2. The summed E-state index contributed by atoms with van der Waals surface area (Å²) < 4.78 is 0.191. The van der Waals surface area contributed by atoms with Crippen molar-refractivity contribution in [2.75, 3.05) is 0 Å². The summed E-state index contributed by atoms with van der Waals surface area (Å²) in [5.74, 6) is 0. The predicted molar refractivity (Wildman–Crippen MR) is 71.9 cm³/mol. The molecule has 1 rings (SSSR count). The molecule has 0 fully saturated rings. The van der Waals surface area contributed by atoms with E-state index in [4.69, 9.17) is 0 Å². The van der Waals surface area contributed by atoms with E-state index in [1.54, 1.807) is 0 Å². The van der Waals surface area contributed by atoms with Crippen LogP contribution in [0.25, 0.3) is 0 Å². The van der Waals surface area contributed by atoms with Crippen molar-refractivity contribution < 1.29 is 0 Å². The molecule has 1 aromatic carbocycles. The predicted octanol–water partition coefficient (Wildman–Crippen LogP) is 4.70. The van der Waals surface area contributed by atoms with Crippen molar-refractivity contribution in [3.63, 3.8) is 0 Å². The summed E-state index contributed by atoms with van der Waals surface area (Å²) in [6.45, 7) is 11.1. The lowest BCUT2D eigenvalue weighted by atomic mass is 9.86. The number of hydrogen-bond acceptors (Lipinski definition) is 0. The normalized spacial score (nSPS) is 12.9. The molecular formula is C14H21Br. The molecule has 0 nitrogen and oxygen atoms in total. The maximum Gasteiger partial charge on any atom is 0.0242 e. The Balaban J connectivity index is 2.82. The average molecular weight is 269 g/mol. The SMILES string of the molecule is CC(C)(Br)Cc1ccc(C(C)(C)C)cc1. The first kappa shape index (κ1) is 12.8. The van der Waals surface area contributed by atoms with Crippen molar-refractivity contribution in [3.8, 4) is 0 Å². The highest BCUT2D eigenvalue weighted by atomic mass is 79.9. The number of alkyl halides is 1. The fourth-order valence-electron chi connectivity index (χ4n) is 1.61.